The summed E-state index contributed by atoms with van der Waals surface area (Å²) in [5.74, 6) is 0.840. The minimum Gasteiger partial charge on any atom is -0.497 e. The summed E-state index contributed by atoms with van der Waals surface area (Å²) >= 11 is 1.30. The Morgan fingerprint density at radius 3 is 2.38 bits per heavy atom. The Morgan fingerprint density at radius 2 is 1.75 bits per heavy atom. The van der Waals surface area contributed by atoms with Crippen molar-refractivity contribution in [3.63, 3.8) is 0 Å². The number of carbonyl (C=O) groups excluding carboxylic acids is 1. The number of rotatable bonds is 9. The van der Waals surface area contributed by atoms with Crippen LogP contribution in [-0.2, 0) is 4.79 Å². The highest BCUT2D eigenvalue weighted by Gasteiger charge is 2.25. The van der Waals surface area contributed by atoms with E-state index in [4.69, 9.17) is 9.47 Å². The molecule has 3 aromatic rings. The van der Waals surface area contributed by atoms with Gasteiger partial charge in [0.05, 0.1) is 12.4 Å². The zero-order chi connectivity index (χ0) is 23.3. The molecule has 32 heavy (non-hydrogen) atoms. The van der Waals surface area contributed by atoms with Crippen LogP contribution >= 0.6 is 11.8 Å². The Hall–Kier alpha value is -3.07. The Bertz CT molecular complexity index is 1060. The minimum absolute atomic E-state index is 0.0195. The van der Waals surface area contributed by atoms with Crippen LogP contribution in [0.1, 0.15) is 45.7 Å². The molecule has 0 saturated heterocycles. The summed E-state index contributed by atoms with van der Waals surface area (Å²) in [6.45, 7) is 7.59. The van der Waals surface area contributed by atoms with Crippen molar-refractivity contribution in [2.75, 3.05) is 12.4 Å². The fourth-order valence-electron chi connectivity index (χ4n) is 3.04. The Labute approximate surface area is 191 Å². The van der Waals surface area contributed by atoms with E-state index in [-0.39, 0.29) is 17.7 Å². The lowest BCUT2D eigenvalue weighted by Crippen LogP contribution is -2.23. The average molecular weight is 459 g/mol. The van der Waals surface area contributed by atoms with E-state index in [1.807, 2.05) is 25.3 Å². The molecular weight excluding hydrogens is 431 g/mol. The number of para-hydroxylation sites is 1. The third-order valence-electron chi connectivity index (χ3n) is 4.72. The maximum Gasteiger partial charge on any atom is 0.237 e. The van der Waals surface area contributed by atoms with Gasteiger partial charge in [-0.05, 0) is 64.1 Å². The van der Waals surface area contributed by atoms with Crippen LogP contribution in [0.25, 0.3) is 0 Å². The van der Waals surface area contributed by atoms with Gasteiger partial charge in [-0.3, -0.25) is 4.79 Å². The van der Waals surface area contributed by atoms with Crippen molar-refractivity contribution >= 4 is 23.4 Å². The molecule has 1 heterocycles. The van der Waals surface area contributed by atoms with Gasteiger partial charge in [0.15, 0.2) is 28.7 Å². The SMILES string of the molecule is COc1ccc(NC(=O)C(C)Sc2nnc(C(C)Oc3ccccc3F)n2C(C)C)cc1. The predicted molar refractivity (Wildman–Crippen MR) is 123 cm³/mol. The molecule has 2 atom stereocenters. The van der Waals surface area contributed by atoms with Crippen LogP contribution in [0, 0.1) is 5.82 Å². The molecule has 0 saturated carbocycles. The number of carbonyl (C=O) groups is 1. The van der Waals surface area contributed by atoms with Crippen LogP contribution < -0.4 is 14.8 Å². The highest BCUT2D eigenvalue weighted by molar-refractivity contribution is 8.00. The number of aromatic nitrogens is 3. The van der Waals surface area contributed by atoms with E-state index in [0.717, 1.165) is 5.75 Å². The number of methoxy groups -OCH3 is 1. The van der Waals surface area contributed by atoms with Crippen LogP contribution in [0.5, 0.6) is 11.5 Å². The fraction of sp³-hybridized carbons (Fsp3) is 0.348. The van der Waals surface area contributed by atoms with Crippen LogP contribution in [0.4, 0.5) is 10.1 Å². The Balaban J connectivity index is 1.72. The summed E-state index contributed by atoms with van der Waals surface area (Å²) in [7, 11) is 1.59. The van der Waals surface area contributed by atoms with Gasteiger partial charge in [0.2, 0.25) is 5.91 Å². The van der Waals surface area contributed by atoms with Gasteiger partial charge in [-0.25, -0.2) is 4.39 Å². The molecule has 0 bridgehead atoms. The summed E-state index contributed by atoms with van der Waals surface area (Å²) in [6.07, 6.45) is -0.528. The lowest BCUT2D eigenvalue weighted by atomic mass is 10.3. The molecule has 0 radical (unpaired) electrons. The molecule has 0 aliphatic rings. The first-order valence-electron chi connectivity index (χ1n) is 10.3. The Morgan fingerprint density at radius 1 is 1.06 bits per heavy atom. The lowest BCUT2D eigenvalue weighted by molar-refractivity contribution is -0.115. The standard InChI is InChI=1S/C23H27FN4O3S/c1-14(2)28-21(15(3)31-20-9-7-6-8-19(20)24)26-27-23(28)32-16(4)22(29)25-17-10-12-18(30-5)13-11-17/h6-16H,1-5H3,(H,25,29). The quantitative estimate of drug-likeness (QED) is 0.441. The minimum atomic E-state index is -0.528. The predicted octanol–water partition coefficient (Wildman–Crippen LogP) is 5.27. The molecule has 2 unspecified atom stereocenters. The second kappa shape index (κ2) is 10.5. The van der Waals surface area contributed by atoms with E-state index in [2.05, 4.69) is 15.5 Å². The number of benzene rings is 2. The summed E-state index contributed by atoms with van der Waals surface area (Å²) < 4.78 is 26.8. The third kappa shape index (κ3) is 5.59. The van der Waals surface area contributed by atoms with Gasteiger partial charge in [-0.15, -0.1) is 10.2 Å². The maximum atomic E-state index is 14.0. The first kappa shape index (κ1) is 23.6. The largest absolute Gasteiger partial charge is 0.497 e. The molecule has 1 aromatic heterocycles. The molecule has 2 aromatic carbocycles. The van der Waals surface area contributed by atoms with Gasteiger partial charge in [-0.2, -0.15) is 0 Å². The summed E-state index contributed by atoms with van der Waals surface area (Å²) in [5, 5.41) is 11.6. The number of nitrogens with one attached hydrogen (secondary N) is 1. The van der Waals surface area contributed by atoms with E-state index in [9.17, 15) is 9.18 Å². The van der Waals surface area contributed by atoms with Gasteiger partial charge < -0.3 is 19.4 Å². The van der Waals surface area contributed by atoms with Crippen molar-refractivity contribution in [3.05, 3.63) is 60.2 Å². The van der Waals surface area contributed by atoms with Crippen molar-refractivity contribution < 1.29 is 18.7 Å². The van der Waals surface area contributed by atoms with Crippen molar-refractivity contribution in [3.8, 4) is 11.5 Å². The molecule has 0 fully saturated rings. The summed E-state index contributed by atoms with van der Waals surface area (Å²) in [5.41, 5.74) is 0.682. The molecule has 1 N–H and O–H groups in total. The molecule has 9 heteroatoms. The number of halogens is 1. The first-order valence-corrected chi connectivity index (χ1v) is 11.2. The average Bonchev–Trinajstić information content (AvgIpc) is 3.19. The molecule has 0 spiro atoms. The lowest BCUT2D eigenvalue weighted by Gasteiger charge is -2.20. The Kier molecular flexibility index (Phi) is 7.74. The maximum absolute atomic E-state index is 14.0. The molecule has 0 aliphatic heterocycles. The van der Waals surface area contributed by atoms with Crippen molar-refractivity contribution in [1.29, 1.82) is 0 Å². The highest BCUT2D eigenvalue weighted by atomic mass is 32.2. The normalized spacial score (nSPS) is 13.0. The zero-order valence-electron chi connectivity index (χ0n) is 18.7. The molecule has 1 amide bonds. The van der Waals surface area contributed by atoms with Crippen molar-refractivity contribution in [1.82, 2.24) is 14.8 Å². The van der Waals surface area contributed by atoms with Crippen LogP contribution in [-0.4, -0.2) is 33.0 Å². The summed E-state index contributed by atoms with van der Waals surface area (Å²) in [6, 6.07) is 13.4. The van der Waals surface area contributed by atoms with Gasteiger partial charge in [0.1, 0.15) is 5.75 Å². The van der Waals surface area contributed by atoms with E-state index in [1.165, 1.54) is 17.8 Å². The van der Waals surface area contributed by atoms with Gasteiger partial charge in [-0.1, -0.05) is 23.9 Å². The van der Waals surface area contributed by atoms with E-state index in [0.29, 0.717) is 16.7 Å². The highest BCUT2D eigenvalue weighted by Crippen LogP contribution is 2.30. The number of hydrogen-bond acceptors (Lipinski definition) is 6. The van der Waals surface area contributed by atoms with Gasteiger partial charge >= 0.3 is 0 Å². The van der Waals surface area contributed by atoms with Crippen LogP contribution in [0.15, 0.2) is 53.7 Å². The fourth-order valence-corrected chi connectivity index (χ4v) is 4.03. The van der Waals surface area contributed by atoms with E-state index >= 15 is 0 Å². The molecule has 7 nitrogen and oxygen atoms in total. The first-order chi connectivity index (χ1) is 15.3. The van der Waals surface area contributed by atoms with Crippen molar-refractivity contribution in [2.24, 2.45) is 0 Å². The number of nitrogens with zero attached hydrogens (tertiary/aromatic N) is 3. The van der Waals surface area contributed by atoms with Gasteiger partial charge in [0.25, 0.3) is 0 Å². The van der Waals surface area contributed by atoms with Gasteiger partial charge in [0, 0.05) is 11.7 Å². The topological polar surface area (TPSA) is 78.3 Å². The number of thioether (sulfide) groups is 1. The van der Waals surface area contributed by atoms with Crippen LogP contribution in [0.3, 0.4) is 0 Å². The third-order valence-corrected chi connectivity index (χ3v) is 5.78. The zero-order valence-corrected chi connectivity index (χ0v) is 19.5. The molecule has 3 rings (SSSR count). The smallest absolute Gasteiger partial charge is 0.237 e. The number of hydrogen-bond donors (Lipinski definition) is 1. The molecular formula is C23H27FN4O3S. The molecule has 0 aliphatic carbocycles. The number of anilines is 1. The van der Waals surface area contributed by atoms with Crippen molar-refractivity contribution in [2.45, 2.75) is 50.2 Å². The van der Waals surface area contributed by atoms with Crippen LogP contribution in [0.2, 0.25) is 0 Å². The summed E-state index contributed by atoms with van der Waals surface area (Å²) in [4.78, 5) is 12.7. The second-order valence-corrected chi connectivity index (χ2v) is 8.78. The monoisotopic (exact) mass is 458 g/mol. The second-order valence-electron chi connectivity index (χ2n) is 7.47. The van der Waals surface area contributed by atoms with E-state index in [1.54, 1.807) is 56.5 Å². The molecule has 170 valence electrons. The number of ether oxygens (including phenoxy) is 2. The van der Waals surface area contributed by atoms with E-state index < -0.39 is 17.2 Å². The number of amides is 1.